The summed E-state index contributed by atoms with van der Waals surface area (Å²) in [5.41, 5.74) is 0.501. The number of hydrogen-bond acceptors (Lipinski definition) is 3. The summed E-state index contributed by atoms with van der Waals surface area (Å²) in [5.74, 6) is -1.08. The number of aromatic nitrogens is 1. The first kappa shape index (κ1) is 7.72. The Kier molecular flexibility index (Phi) is 1.51. The number of carbonyl (C=O) groups is 1. The van der Waals surface area contributed by atoms with Gasteiger partial charge in [0.05, 0.1) is 5.56 Å². The van der Waals surface area contributed by atoms with Gasteiger partial charge in [0.2, 0.25) is 0 Å². The van der Waals surface area contributed by atoms with Crippen molar-refractivity contribution in [2.45, 2.75) is 0 Å². The third kappa shape index (κ3) is 1.24. The average Bonchev–Trinajstić information content (AvgIpc) is 2.42. The van der Waals surface area contributed by atoms with Gasteiger partial charge in [0, 0.05) is 0 Å². The van der Waals surface area contributed by atoms with Crippen molar-refractivity contribution in [3.63, 3.8) is 0 Å². The molecule has 13 heavy (non-hydrogen) atoms. The van der Waals surface area contributed by atoms with E-state index >= 15 is 0 Å². The molecule has 4 nitrogen and oxygen atoms in total. The molecule has 0 radical (unpaired) electrons. The van der Waals surface area contributed by atoms with Gasteiger partial charge in [-0.15, -0.1) is 4.39 Å². The van der Waals surface area contributed by atoms with Gasteiger partial charge in [0.25, 0.3) is 0 Å². The highest BCUT2D eigenvalue weighted by Crippen LogP contribution is 2.16. The summed E-state index contributed by atoms with van der Waals surface area (Å²) < 4.78 is 17.0. The zero-order valence-corrected chi connectivity index (χ0v) is 6.32. The Labute approximate surface area is 71.6 Å². The van der Waals surface area contributed by atoms with Crippen LogP contribution in [0.4, 0.5) is 4.39 Å². The summed E-state index contributed by atoms with van der Waals surface area (Å²) in [7, 11) is 0. The Morgan fingerprint density at radius 1 is 1.54 bits per heavy atom. The normalized spacial score (nSPS) is 10.5. The molecule has 66 valence electrons. The number of rotatable bonds is 1. The molecule has 0 saturated heterocycles. The van der Waals surface area contributed by atoms with Crippen LogP contribution in [0.15, 0.2) is 22.6 Å². The van der Waals surface area contributed by atoms with E-state index in [1.54, 1.807) is 0 Å². The Morgan fingerprint density at radius 3 is 3.00 bits per heavy atom. The SMILES string of the molecule is O=C(O)c1ccc2oc(F)nc2c1. The van der Waals surface area contributed by atoms with E-state index in [0.717, 1.165) is 0 Å². The molecule has 0 atom stereocenters. The molecule has 0 unspecified atom stereocenters. The van der Waals surface area contributed by atoms with E-state index in [0.29, 0.717) is 0 Å². The standard InChI is InChI=1S/C8H4FNO3/c9-8-10-5-3-4(7(11)12)1-2-6(5)13-8/h1-3H,(H,11,12). The number of carboxylic acid groups (broad SMARTS) is 1. The van der Waals surface area contributed by atoms with Crippen LogP contribution in [0, 0.1) is 6.14 Å². The maximum atomic E-state index is 12.4. The summed E-state index contributed by atoms with van der Waals surface area (Å²) in [6.45, 7) is 0. The van der Waals surface area contributed by atoms with E-state index in [2.05, 4.69) is 9.40 Å². The number of hydrogen-bond donors (Lipinski definition) is 1. The Hall–Kier alpha value is -1.91. The van der Waals surface area contributed by atoms with E-state index in [4.69, 9.17) is 5.11 Å². The van der Waals surface area contributed by atoms with Crippen molar-refractivity contribution in [3.8, 4) is 0 Å². The fourth-order valence-electron chi connectivity index (χ4n) is 1.03. The molecule has 2 rings (SSSR count). The third-order valence-electron chi connectivity index (χ3n) is 1.61. The Balaban J connectivity index is 2.67. The van der Waals surface area contributed by atoms with Gasteiger partial charge in [-0.25, -0.2) is 4.79 Å². The zero-order valence-electron chi connectivity index (χ0n) is 6.32. The lowest BCUT2D eigenvalue weighted by Gasteiger charge is -1.90. The molecule has 0 amide bonds. The molecule has 5 heteroatoms. The van der Waals surface area contributed by atoms with Gasteiger partial charge in [-0.2, -0.15) is 4.98 Å². The second kappa shape index (κ2) is 2.55. The molecule has 0 bridgehead atoms. The maximum Gasteiger partial charge on any atom is 0.382 e. The molecule has 0 aliphatic heterocycles. The topological polar surface area (TPSA) is 63.3 Å². The van der Waals surface area contributed by atoms with E-state index in [9.17, 15) is 9.18 Å². The van der Waals surface area contributed by atoms with Gasteiger partial charge in [-0.3, -0.25) is 0 Å². The highest BCUT2D eigenvalue weighted by Gasteiger charge is 2.08. The first-order chi connectivity index (χ1) is 6.16. The van der Waals surface area contributed by atoms with Crippen molar-refractivity contribution in [3.05, 3.63) is 29.9 Å². The summed E-state index contributed by atoms with van der Waals surface area (Å²) in [6, 6.07) is 3.95. The molecule has 1 aromatic carbocycles. The fraction of sp³-hybridized carbons (Fsp3) is 0. The van der Waals surface area contributed by atoms with Crippen LogP contribution in [0.5, 0.6) is 0 Å². The second-order valence-corrected chi connectivity index (χ2v) is 2.45. The molecule has 1 aromatic heterocycles. The molecular formula is C8H4FNO3. The van der Waals surface area contributed by atoms with Crippen molar-refractivity contribution in [1.82, 2.24) is 4.98 Å². The minimum Gasteiger partial charge on any atom is -0.478 e. The second-order valence-electron chi connectivity index (χ2n) is 2.45. The molecule has 1 heterocycles. The van der Waals surface area contributed by atoms with Crippen LogP contribution >= 0.6 is 0 Å². The molecule has 1 N–H and O–H groups in total. The van der Waals surface area contributed by atoms with Gasteiger partial charge in [-0.05, 0) is 18.2 Å². The van der Waals surface area contributed by atoms with Gasteiger partial charge in [0.1, 0.15) is 5.52 Å². The lowest BCUT2D eigenvalue weighted by molar-refractivity contribution is 0.0697. The summed E-state index contributed by atoms with van der Waals surface area (Å²) in [5, 5.41) is 8.60. The van der Waals surface area contributed by atoms with Crippen molar-refractivity contribution in [1.29, 1.82) is 0 Å². The van der Waals surface area contributed by atoms with E-state index in [-0.39, 0.29) is 16.7 Å². The van der Waals surface area contributed by atoms with E-state index in [1.807, 2.05) is 0 Å². The summed E-state index contributed by atoms with van der Waals surface area (Å²) in [4.78, 5) is 13.9. The maximum absolute atomic E-state index is 12.4. The average molecular weight is 181 g/mol. The van der Waals surface area contributed by atoms with Crippen LogP contribution in [0.25, 0.3) is 11.1 Å². The molecule has 2 aromatic rings. The minimum atomic E-state index is -1.08. The quantitative estimate of drug-likeness (QED) is 0.726. The number of fused-ring (bicyclic) bond motifs is 1. The van der Waals surface area contributed by atoms with Gasteiger partial charge in [0.15, 0.2) is 5.58 Å². The van der Waals surface area contributed by atoms with Crippen LogP contribution in [0.1, 0.15) is 10.4 Å². The largest absolute Gasteiger partial charge is 0.478 e. The first-order valence-corrected chi connectivity index (χ1v) is 3.46. The highest BCUT2D eigenvalue weighted by molar-refractivity contribution is 5.91. The Morgan fingerprint density at radius 2 is 2.31 bits per heavy atom. The highest BCUT2D eigenvalue weighted by atomic mass is 19.1. The predicted molar refractivity (Wildman–Crippen MR) is 40.9 cm³/mol. The first-order valence-electron chi connectivity index (χ1n) is 3.46. The number of nitrogens with zero attached hydrogens (tertiary/aromatic N) is 1. The minimum absolute atomic E-state index is 0.0563. The summed E-state index contributed by atoms with van der Waals surface area (Å²) in [6.07, 6.45) is -0.961. The van der Waals surface area contributed by atoms with Crippen molar-refractivity contribution in [2.75, 3.05) is 0 Å². The number of oxazole rings is 1. The number of aromatic carboxylic acids is 1. The van der Waals surface area contributed by atoms with Gasteiger partial charge < -0.3 is 9.52 Å². The lowest BCUT2D eigenvalue weighted by Crippen LogP contribution is -1.94. The zero-order chi connectivity index (χ0) is 9.42. The molecule has 0 aliphatic carbocycles. The third-order valence-corrected chi connectivity index (χ3v) is 1.61. The number of halogens is 1. The molecular weight excluding hydrogens is 177 g/mol. The van der Waals surface area contributed by atoms with Crippen LogP contribution in [-0.2, 0) is 0 Å². The van der Waals surface area contributed by atoms with Gasteiger partial charge in [-0.1, -0.05) is 0 Å². The van der Waals surface area contributed by atoms with Crippen molar-refractivity contribution in [2.24, 2.45) is 0 Å². The van der Waals surface area contributed by atoms with Crippen molar-refractivity contribution < 1.29 is 18.7 Å². The Bertz CT molecular complexity index is 477. The smallest absolute Gasteiger partial charge is 0.382 e. The number of carboxylic acids is 1. The van der Waals surface area contributed by atoms with E-state index < -0.39 is 12.1 Å². The van der Waals surface area contributed by atoms with Gasteiger partial charge >= 0.3 is 12.1 Å². The van der Waals surface area contributed by atoms with Crippen molar-refractivity contribution >= 4 is 17.1 Å². The molecule has 0 saturated carbocycles. The lowest BCUT2D eigenvalue weighted by atomic mass is 10.2. The molecule has 0 aliphatic rings. The monoisotopic (exact) mass is 181 g/mol. The van der Waals surface area contributed by atoms with Crippen LogP contribution in [0.3, 0.4) is 0 Å². The predicted octanol–water partition coefficient (Wildman–Crippen LogP) is 1.67. The van der Waals surface area contributed by atoms with Crippen LogP contribution < -0.4 is 0 Å². The molecule has 0 spiro atoms. The number of benzene rings is 1. The fourth-order valence-corrected chi connectivity index (χ4v) is 1.03. The summed E-state index contributed by atoms with van der Waals surface area (Å²) >= 11 is 0. The van der Waals surface area contributed by atoms with Crippen LogP contribution in [-0.4, -0.2) is 16.1 Å². The molecule has 0 fully saturated rings. The van der Waals surface area contributed by atoms with Crippen LogP contribution in [0.2, 0.25) is 0 Å². The van der Waals surface area contributed by atoms with E-state index in [1.165, 1.54) is 18.2 Å².